The van der Waals surface area contributed by atoms with Crippen LogP contribution in [0, 0.1) is 0 Å². The second-order valence-corrected chi connectivity index (χ2v) is 9.34. The molecule has 9 heteroatoms. The van der Waals surface area contributed by atoms with Gasteiger partial charge in [-0.1, -0.05) is 0 Å². The average molecular weight is 412 g/mol. The van der Waals surface area contributed by atoms with Crippen LogP contribution >= 0.6 is 0 Å². The number of hydrogen-bond donors (Lipinski definition) is 1. The summed E-state index contributed by atoms with van der Waals surface area (Å²) in [6.45, 7) is 3.50. The lowest BCUT2D eigenvalue weighted by molar-refractivity contribution is -0.116. The van der Waals surface area contributed by atoms with Gasteiger partial charge in [-0.05, 0) is 43.5 Å². The Balaban J connectivity index is 1.49. The van der Waals surface area contributed by atoms with Gasteiger partial charge in [-0.2, -0.15) is 4.31 Å². The van der Waals surface area contributed by atoms with E-state index >= 15 is 0 Å². The number of rotatable bonds is 7. The van der Waals surface area contributed by atoms with Gasteiger partial charge in [-0.3, -0.25) is 4.79 Å². The molecule has 1 unspecified atom stereocenters. The first-order chi connectivity index (χ1) is 13.4. The number of carbonyl (C=O) groups is 1. The fraction of sp³-hybridized carbons (Fsp3) is 0.632. The van der Waals surface area contributed by atoms with E-state index in [4.69, 9.17) is 9.47 Å². The molecule has 1 aromatic carbocycles. The number of likely N-dealkylation sites (N-methyl/N-ethyl adjacent to an activating group) is 1. The van der Waals surface area contributed by atoms with Gasteiger partial charge in [0.2, 0.25) is 15.9 Å². The molecule has 3 rings (SSSR count). The van der Waals surface area contributed by atoms with Crippen LogP contribution in [0.15, 0.2) is 24.3 Å². The molecule has 2 heterocycles. The summed E-state index contributed by atoms with van der Waals surface area (Å²) in [6, 6.07) is 7.55. The molecule has 0 saturated carbocycles. The predicted octanol–water partition coefficient (Wildman–Crippen LogP) is 1.29. The van der Waals surface area contributed by atoms with Crippen molar-refractivity contribution in [3.8, 4) is 0 Å². The summed E-state index contributed by atoms with van der Waals surface area (Å²) >= 11 is 0. The molecular weight excluding hydrogens is 382 g/mol. The summed E-state index contributed by atoms with van der Waals surface area (Å²) in [6.07, 6.45) is 2.41. The average Bonchev–Trinajstić information content (AvgIpc) is 2.69. The minimum Gasteiger partial charge on any atom is -0.378 e. The number of morpholine rings is 1. The van der Waals surface area contributed by atoms with Gasteiger partial charge in [0.25, 0.3) is 0 Å². The lowest BCUT2D eigenvalue weighted by Crippen LogP contribution is -2.40. The SMILES string of the molecule is CN(CC(=O)Nc1ccc(N2CCOCC2)cc1)S(=O)(=O)CC1CCCCO1. The van der Waals surface area contributed by atoms with Crippen LogP contribution in [0.25, 0.3) is 0 Å². The van der Waals surface area contributed by atoms with Crippen LogP contribution < -0.4 is 10.2 Å². The Bertz CT molecular complexity index is 741. The maximum Gasteiger partial charge on any atom is 0.239 e. The van der Waals surface area contributed by atoms with Crippen molar-refractivity contribution in [2.75, 3.05) is 62.5 Å². The van der Waals surface area contributed by atoms with E-state index in [-0.39, 0.29) is 24.3 Å². The van der Waals surface area contributed by atoms with Crippen molar-refractivity contribution in [1.82, 2.24) is 4.31 Å². The number of ether oxygens (including phenoxy) is 2. The summed E-state index contributed by atoms with van der Waals surface area (Å²) in [5.74, 6) is -0.444. The van der Waals surface area contributed by atoms with Crippen molar-refractivity contribution in [2.24, 2.45) is 0 Å². The Hall–Kier alpha value is -1.68. The Labute approximate surface area is 166 Å². The van der Waals surface area contributed by atoms with Gasteiger partial charge in [0.15, 0.2) is 0 Å². The first kappa shape index (κ1) is 21.0. The molecule has 0 spiro atoms. The van der Waals surface area contributed by atoms with E-state index < -0.39 is 10.0 Å². The maximum atomic E-state index is 12.5. The van der Waals surface area contributed by atoms with Gasteiger partial charge in [0, 0.05) is 38.1 Å². The van der Waals surface area contributed by atoms with Crippen molar-refractivity contribution in [1.29, 1.82) is 0 Å². The number of sulfonamides is 1. The topological polar surface area (TPSA) is 88.2 Å². The predicted molar refractivity (Wildman–Crippen MR) is 108 cm³/mol. The Morgan fingerprint density at radius 3 is 2.54 bits per heavy atom. The lowest BCUT2D eigenvalue weighted by Gasteiger charge is -2.29. The molecule has 1 N–H and O–H groups in total. The van der Waals surface area contributed by atoms with Crippen LogP contribution in [-0.2, 0) is 24.3 Å². The van der Waals surface area contributed by atoms with Gasteiger partial charge in [-0.15, -0.1) is 0 Å². The van der Waals surface area contributed by atoms with Crippen LogP contribution in [0.4, 0.5) is 11.4 Å². The maximum absolute atomic E-state index is 12.5. The van der Waals surface area contributed by atoms with Crippen LogP contribution in [0.2, 0.25) is 0 Å². The molecule has 1 atom stereocenters. The highest BCUT2D eigenvalue weighted by atomic mass is 32.2. The molecule has 2 saturated heterocycles. The number of anilines is 2. The molecule has 156 valence electrons. The van der Waals surface area contributed by atoms with Gasteiger partial charge >= 0.3 is 0 Å². The fourth-order valence-corrected chi connectivity index (χ4v) is 4.68. The Kier molecular flexibility index (Phi) is 7.28. The molecular formula is C19H29N3O5S. The van der Waals surface area contributed by atoms with Crippen LogP contribution in [0.1, 0.15) is 19.3 Å². The van der Waals surface area contributed by atoms with Crippen molar-refractivity contribution >= 4 is 27.3 Å². The Morgan fingerprint density at radius 1 is 1.18 bits per heavy atom. The van der Waals surface area contributed by atoms with Crippen molar-refractivity contribution in [2.45, 2.75) is 25.4 Å². The van der Waals surface area contributed by atoms with Crippen LogP contribution in [-0.4, -0.2) is 77.0 Å². The van der Waals surface area contributed by atoms with E-state index in [1.165, 1.54) is 7.05 Å². The van der Waals surface area contributed by atoms with Crippen LogP contribution in [0.5, 0.6) is 0 Å². The molecule has 1 amide bonds. The number of carbonyl (C=O) groups excluding carboxylic acids is 1. The Morgan fingerprint density at radius 2 is 1.89 bits per heavy atom. The third-order valence-corrected chi connectivity index (χ3v) is 6.91. The normalized spacial score (nSPS) is 20.9. The highest BCUT2D eigenvalue weighted by Crippen LogP contribution is 2.19. The number of benzene rings is 1. The molecule has 0 aliphatic carbocycles. The summed E-state index contributed by atoms with van der Waals surface area (Å²) in [4.78, 5) is 14.5. The minimum atomic E-state index is -3.54. The second kappa shape index (κ2) is 9.69. The number of hydrogen-bond acceptors (Lipinski definition) is 6. The van der Waals surface area contributed by atoms with E-state index in [1.807, 2.05) is 24.3 Å². The molecule has 0 aromatic heterocycles. The molecule has 2 aliphatic rings. The van der Waals surface area contributed by atoms with E-state index in [2.05, 4.69) is 10.2 Å². The zero-order chi connectivity index (χ0) is 20.0. The number of nitrogens with zero attached hydrogens (tertiary/aromatic N) is 2. The van der Waals surface area contributed by atoms with Gasteiger partial charge in [-0.25, -0.2) is 8.42 Å². The molecule has 28 heavy (non-hydrogen) atoms. The molecule has 1 aromatic rings. The highest BCUT2D eigenvalue weighted by Gasteiger charge is 2.26. The van der Waals surface area contributed by atoms with Crippen LogP contribution in [0.3, 0.4) is 0 Å². The summed E-state index contributed by atoms with van der Waals surface area (Å²) < 4.78 is 36.9. The standard InChI is InChI=1S/C19H29N3O5S/c1-21(28(24,25)15-18-4-2-3-11-27-18)14-19(23)20-16-5-7-17(8-6-16)22-9-12-26-13-10-22/h5-8,18H,2-4,9-15H2,1H3,(H,20,23). The number of nitrogens with one attached hydrogen (secondary N) is 1. The summed E-state index contributed by atoms with van der Waals surface area (Å²) in [5.41, 5.74) is 1.72. The summed E-state index contributed by atoms with van der Waals surface area (Å²) in [5, 5.41) is 2.76. The fourth-order valence-electron chi connectivity index (χ4n) is 3.38. The highest BCUT2D eigenvalue weighted by molar-refractivity contribution is 7.89. The first-order valence-corrected chi connectivity index (χ1v) is 11.3. The molecule has 0 bridgehead atoms. The molecule has 2 fully saturated rings. The molecule has 2 aliphatic heterocycles. The number of amides is 1. The van der Waals surface area contributed by atoms with E-state index in [1.54, 1.807) is 0 Å². The van der Waals surface area contributed by atoms with Crippen molar-refractivity contribution in [3.05, 3.63) is 24.3 Å². The zero-order valence-corrected chi connectivity index (χ0v) is 17.1. The van der Waals surface area contributed by atoms with E-state index in [0.717, 1.165) is 42.3 Å². The van der Waals surface area contributed by atoms with Crippen molar-refractivity contribution in [3.63, 3.8) is 0 Å². The first-order valence-electron chi connectivity index (χ1n) is 9.72. The van der Waals surface area contributed by atoms with E-state index in [9.17, 15) is 13.2 Å². The zero-order valence-electron chi connectivity index (χ0n) is 16.3. The quantitative estimate of drug-likeness (QED) is 0.728. The molecule has 0 radical (unpaired) electrons. The van der Waals surface area contributed by atoms with Gasteiger partial charge < -0.3 is 19.7 Å². The third kappa shape index (κ3) is 5.91. The smallest absolute Gasteiger partial charge is 0.239 e. The largest absolute Gasteiger partial charge is 0.378 e. The second-order valence-electron chi connectivity index (χ2n) is 7.22. The molecule has 8 nitrogen and oxygen atoms in total. The van der Waals surface area contributed by atoms with Gasteiger partial charge in [0.05, 0.1) is 31.6 Å². The minimum absolute atomic E-state index is 0.0783. The van der Waals surface area contributed by atoms with Gasteiger partial charge in [0.1, 0.15) is 0 Å². The van der Waals surface area contributed by atoms with E-state index in [0.29, 0.717) is 25.5 Å². The monoisotopic (exact) mass is 411 g/mol. The summed E-state index contributed by atoms with van der Waals surface area (Å²) in [7, 11) is -2.11. The van der Waals surface area contributed by atoms with Crippen molar-refractivity contribution < 1.29 is 22.7 Å². The lowest BCUT2D eigenvalue weighted by atomic mass is 10.1. The third-order valence-electron chi connectivity index (χ3n) is 5.04.